The first-order chi connectivity index (χ1) is 7.00. The Morgan fingerprint density at radius 3 is 2.73 bits per heavy atom. The van der Waals surface area contributed by atoms with E-state index in [1.807, 2.05) is 6.92 Å². The van der Waals surface area contributed by atoms with E-state index < -0.39 is 0 Å². The van der Waals surface area contributed by atoms with Crippen molar-refractivity contribution in [1.29, 1.82) is 5.41 Å². The average molecular weight is 247 g/mol. The molecule has 0 saturated carbocycles. The lowest BCUT2D eigenvalue weighted by molar-refractivity contribution is 0.292. The minimum Gasteiger partial charge on any atom is -0.491 e. The first kappa shape index (κ1) is 12.1. The molecule has 1 aromatic carbocycles. The van der Waals surface area contributed by atoms with Crippen LogP contribution in [0.4, 0.5) is 0 Å². The summed E-state index contributed by atoms with van der Waals surface area (Å²) in [7, 11) is 0. The molecule has 0 heterocycles. The van der Waals surface area contributed by atoms with E-state index in [2.05, 4.69) is 0 Å². The minimum atomic E-state index is -0.128. The molecule has 0 bridgehead atoms. The molecule has 0 aliphatic heterocycles. The van der Waals surface area contributed by atoms with E-state index in [1.54, 1.807) is 18.2 Å². The largest absolute Gasteiger partial charge is 0.491 e. The maximum Gasteiger partial charge on any atom is 0.138 e. The van der Waals surface area contributed by atoms with E-state index in [-0.39, 0.29) is 11.8 Å². The number of rotatable bonds is 4. The van der Waals surface area contributed by atoms with Crippen molar-refractivity contribution in [3.63, 3.8) is 0 Å². The van der Waals surface area contributed by atoms with Gasteiger partial charge in [0.1, 0.15) is 5.75 Å². The third kappa shape index (κ3) is 3.61. The highest BCUT2D eigenvalue weighted by atomic mass is 35.5. The third-order valence-electron chi connectivity index (χ3n) is 1.91. The predicted molar refractivity (Wildman–Crippen MR) is 63.0 cm³/mol. The summed E-state index contributed by atoms with van der Waals surface area (Å²) in [6, 6.07) is 5.00. The Hall–Kier alpha value is -0.930. The van der Waals surface area contributed by atoms with Gasteiger partial charge in [0, 0.05) is 10.9 Å². The van der Waals surface area contributed by atoms with E-state index >= 15 is 0 Å². The van der Waals surface area contributed by atoms with Crippen LogP contribution in [0.25, 0.3) is 0 Å². The number of hydrogen-bond donors (Lipinski definition) is 2. The van der Waals surface area contributed by atoms with Crippen LogP contribution in [0, 0.1) is 11.3 Å². The van der Waals surface area contributed by atoms with Crippen LogP contribution in [-0.2, 0) is 0 Å². The summed E-state index contributed by atoms with van der Waals surface area (Å²) in [5.41, 5.74) is 5.31. The third-order valence-corrected chi connectivity index (χ3v) is 2.44. The van der Waals surface area contributed by atoms with Gasteiger partial charge >= 0.3 is 0 Å². The summed E-state index contributed by atoms with van der Waals surface area (Å²) < 4.78 is 5.40. The molecule has 0 aliphatic rings. The lowest BCUT2D eigenvalue weighted by Gasteiger charge is -2.12. The highest BCUT2D eigenvalue weighted by Crippen LogP contribution is 2.27. The van der Waals surface area contributed by atoms with Gasteiger partial charge < -0.3 is 10.5 Å². The molecule has 5 heteroatoms. The van der Waals surface area contributed by atoms with Gasteiger partial charge in [0.2, 0.25) is 0 Å². The number of nitrogens with one attached hydrogen (secondary N) is 1. The molecule has 0 amide bonds. The van der Waals surface area contributed by atoms with Crippen LogP contribution in [0.1, 0.15) is 6.92 Å². The molecule has 1 unspecified atom stereocenters. The first-order valence-electron chi connectivity index (χ1n) is 4.42. The number of amidine groups is 1. The maximum absolute atomic E-state index is 7.20. The summed E-state index contributed by atoms with van der Waals surface area (Å²) in [5.74, 6) is 0.519. The van der Waals surface area contributed by atoms with E-state index in [0.717, 1.165) is 0 Å². The van der Waals surface area contributed by atoms with Crippen LogP contribution < -0.4 is 10.5 Å². The lowest BCUT2D eigenvalue weighted by Crippen LogP contribution is -2.25. The summed E-state index contributed by atoms with van der Waals surface area (Å²) in [6.45, 7) is 2.14. The van der Waals surface area contributed by atoms with Crippen molar-refractivity contribution in [2.24, 2.45) is 11.7 Å². The Bertz CT molecular complexity index is 368. The van der Waals surface area contributed by atoms with Gasteiger partial charge in [-0.2, -0.15) is 0 Å². The number of hydrogen-bond acceptors (Lipinski definition) is 2. The van der Waals surface area contributed by atoms with Crippen molar-refractivity contribution >= 4 is 29.0 Å². The Labute approximate surface area is 98.6 Å². The van der Waals surface area contributed by atoms with E-state index in [1.165, 1.54) is 0 Å². The van der Waals surface area contributed by atoms with Crippen LogP contribution in [0.3, 0.4) is 0 Å². The van der Waals surface area contributed by atoms with Gasteiger partial charge in [-0.05, 0) is 18.2 Å². The second-order valence-electron chi connectivity index (χ2n) is 3.24. The molecule has 0 aliphatic carbocycles. The van der Waals surface area contributed by atoms with Crippen LogP contribution in [0.2, 0.25) is 10.0 Å². The molecule has 82 valence electrons. The molecular formula is C10H12Cl2N2O. The highest BCUT2D eigenvalue weighted by Gasteiger charge is 2.08. The Morgan fingerprint density at radius 2 is 2.20 bits per heavy atom. The zero-order valence-electron chi connectivity index (χ0n) is 8.26. The number of nitrogens with two attached hydrogens (primary N) is 1. The normalized spacial score (nSPS) is 12.2. The van der Waals surface area contributed by atoms with Crippen LogP contribution in [0.15, 0.2) is 18.2 Å². The molecule has 3 N–H and O–H groups in total. The summed E-state index contributed by atoms with van der Waals surface area (Å²) in [4.78, 5) is 0. The van der Waals surface area contributed by atoms with E-state index in [0.29, 0.717) is 22.4 Å². The van der Waals surface area contributed by atoms with Crippen LogP contribution >= 0.6 is 23.2 Å². The van der Waals surface area contributed by atoms with Crippen molar-refractivity contribution in [1.82, 2.24) is 0 Å². The topological polar surface area (TPSA) is 59.1 Å². The number of benzene rings is 1. The van der Waals surface area contributed by atoms with E-state index in [9.17, 15) is 0 Å². The number of ether oxygens (including phenoxy) is 1. The minimum absolute atomic E-state index is 0.0973. The molecule has 0 fully saturated rings. The molecule has 0 aromatic heterocycles. The first-order valence-corrected chi connectivity index (χ1v) is 5.18. The molecule has 1 rings (SSSR count). The van der Waals surface area contributed by atoms with Gasteiger partial charge in [0.05, 0.1) is 17.5 Å². The van der Waals surface area contributed by atoms with Crippen LogP contribution in [0.5, 0.6) is 5.75 Å². The van der Waals surface area contributed by atoms with Gasteiger partial charge in [0.15, 0.2) is 0 Å². The van der Waals surface area contributed by atoms with Crippen molar-refractivity contribution in [2.45, 2.75) is 6.92 Å². The Kier molecular flexibility index (Phi) is 4.24. The molecule has 15 heavy (non-hydrogen) atoms. The standard InChI is InChI=1S/C10H12Cl2N2O/c1-6(10(13)14)5-15-9-3-2-7(11)4-8(9)12/h2-4,6H,5H2,1H3,(H3,13,14). The second kappa shape index (κ2) is 5.24. The quantitative estimate of drug-likeness (QED) is 0.634. The molecule has 1 aromatic rings. The van der Waals surface area contributed by atoms with Crippen molar-refractivity contribution in [3.8, 4) is 5.75 Å². The van der Waals surface area contributed by atoms with Crippen LogP contribution in [-0.4, -0.2) is 12.4 Å². The molecule has 0 saturated heterocycles. The molecule has 0 spiro atoms. The summed E-state index contributed by atoms with van der Waals surface area (Å²) in [6.07, 6.45) is 0. The molecule has 1 atom stereocenters. The van der Waals surface area contributed by atoms with Crippen molar-refractivity contribution < 1.29 is 4.74 Å². The van der Waals surface area contributed by atoms with Gasteiger partial charge in [-0.3, -0.25) is 5.41 Å². The Morgan fingerprint density at radius 1 is 1.53 bits per heavy atom. The zero-order valence-corrected chi connectivity index (χ0v) is 9.77. The smallest absolute Gasteiger partial charge is 0.138 e. The average Bonchev–Trinajstić information content (AvgIpc) is 2.15. The molecule has 0 radical (unpaired) electrons. The van der Waals surface area contributed by atoms with Gasteiger partial charge in [-0.1, -0.05) is 30.1 Å². The lowest BCUT2D eigenvalue weighted by atomic mass is 10.2. The Balaban J connectivity index is 2.62. The maximum atomic E-state index is 7.20. The SMILES string of the molecule is CC(COc1ccc(Cl)cc1Cl)C(=N)N. The summed E-state index contributed by atoms with van der Waals surface area (Å²) in [5, 5.41) is 8.22. The van der Waals surface area contributed by atoms with Gasteiger partial charge in [-0.15, -0.1) is 0 Å². The fourth-order valence-corrected chi connectivity index (χ4v) is 1.36. The highest BCUT2D eigenvalue weighted by molar-refractivity contribution is 6.35. The monoisotopic (exact) mass is 246 g/mol. The van der Waals surface area contributed by atoms with Gasteiger partial charge in [-0.25, -0.2) is 0 Å². The summed E-state index contributed by atoms with van der Waals surface area (Å²) >= 11 is 11.6. The second-order valence-corrected chi connectivity index (χ2v) is 4.09. The van der Waals surface area contributed by atoms with Crippen molar-refractivity contribution in [2.75, 3.05) is 6.61 Å². The fraction of sp³-hybridized carbons (Fsp3) is 0.300. The zero-order chi connectivity index (χ0) is 11.4. The van der Waals surface area contributed by atoms with Crippen molar-refractivity contribution in [3.05, 3.63) is 28.2 Å². The van der Waals surface area contributed by atoms with E-state index in [4.69, 9.17) is 39.1 Å². The van der Waals surface area contributed by atoms with Gasteiger partial charge in [0.25, 0.3) is 0 Å². The molecular weight excluding hydrogens is 235 g/mol. The number of halogens is 2. The predicted octanol–water partition coefficient (Wildman–Crippen LogP) is 2.94. The molecule has 3 nitrogen and oxygen atoms in total. The fourth-order valence-electron chi connectivity index (χ4n) is 0.897.